The average Bonchev–Trinajstić information content (AvgIpc) is 2.18. The maximum atomic E-state index is 3.52. The second-order valence-electron chi connectivity index (χ2n) is 4.87. The molecule has 1 heterocycles. The number of nitrogens with zero attached hydrogens (tertiary/aromatic N) is 1. The van der Waals surface area contributed by atoms with Gasteiger partial charge in [0.25, 0.3) is 0 Å². The van der Waals surface area contributed by atoms with Crippen LogP contribution in [-0.2, 0) is 0 Å². The molecule has 1 saturated heterocycles. The van der Waals surface area contributed by atoms with Crippen LogP contribution < -0.4 is 5.32 Å². The number of hydrogen-bond donors (Lipinski definition) is 1. The van der Waals surface area contributed by atoms with Crippen LogP contribution in [0.3, 0.4) is 0 Å². The predicted molar refractivity (Wildman–Crippen MR) is 62.6 cm³/mol. The van der Waals surface area contributed by atoms with Gasteiger partial charge in [0.1, 0.15) is 0 Å². The predicted octanol–water partition coefficient (Wildman–Crippen LogP) is 2.10. The highest BCUT2D eigenvalue weighted by atomic mass is 15.2. The molecule has 2 unspecified atom stereocenters. The van der Waals surface area contributed by atoms with E-state index in [1.54, 1.807) is 0 Å². The van der Waals surface area contributed by atoms with E-state index in [1.807, 2.05) is 0 Å². The summed E-state index contributed by atoms with van der Waals surface area (Å²) in [7, 11) is 2.28. The van der Waals surface area contributed by atoms with Crippen molar-refractivity contribution in [3.63, 3.8) is 0 Å². The highest BCUT2D eigenvalue weighted by Crippen LogP contribution is 2.22. The van der Waals surface area contributed by atoms with Gasteiger partial charge in [-0.05, 0) is 52.7 Å². The first-order valence-corrected chi connectivity index (χ1v) is 6.09. The molecule has 2 heteroatoms. The molecule has 2 nitrogen and oxygen atoms in total. The van der Waals surface area contributed by atoms with E-state index in [4.69, 9.17) is 0 Å². The minimum absolute atomic E-state index is 0.678. The van der Waals surface area contributed by atoms with Gasteiger partial charge >= 0.3 is 0 Å². The van der Waals surface area contributed by atoms with Crippen LogP contribution in [0.2, 0.25) is 0 Å². The van der Waals surface area contributed by atoms with Gasteiger partial charge in [-0.25, -0.2) is 0 Å². The number of rotatable bonds is 4. The van der Waals surface area contributed by atoms with Gasteiger partial charge in [0.2, 0.25) is 0 Å². The van der Waals surface area contributed by atoms with Crippen LogP contribution in [0, 0.1) is 5.92 Å². The van der Waals surface area contributed by atoms with Crippen LogP contribution in [0.15, 0.2) is 0 Å². The third-order valence-electron chi connectivity index (χ3n) is 3.56. The van der Waals surface area contributed by atoms with E-state index >= 15 is 0 Å². The van der Waals surface area contributed by atoms with Crippen molar-refractivity contribution in [1.82, 2.24) is 10.2 Å². The molecule has 0 spiro atoms. The van der Waals surface area contributed by atoms with Crippen LogP contribution in [-0.4, -0.2) is 37.1 Å². The van der Waals surface area contributed by atoms with Gasteiger partial charge in [-0.2, -0.15) is 0 Å². The fourth-order valence-corrected chi connectivity index (χ4v) is 2.49. The van der Waals surface area contributed by atoms with Crippen LogP contribution >= 0.6 is 0 Å². The standard InChI is InChI=1S/C12H26N2/c1-5-6-11-9-13-8-7-12(11)14(4)10(2)3/h10-13H,5-9H2,1-4H3. The zero-order valence-electron chi connectivity index (χ0n) is 10.2. The van der Waals surface area contributed by atoms with Gasteiger partial charge in [0.05, 0.1) is 0 Å². The highest BCUT2D eigenvalue weighted by molar-refractivity contribution is 4.85. The number of hydrogen-bond acceptors (Lipinski definition) is 2. The lowest BCUT2D eigenvalue weighted by Crippen LogP contribution is -2.50. The zero-order valence-corrected chi connectivity index (χ0v) is 10.2. The highest BCUT2D eigenvalue weighted by Gasteiger charge is 2.28. The first kappa shape index (κ1) is 12.0. The summed E-state index contributed by atoms with van der Waals surface area (Å²) in [5, 5.41) is 3.52. The first-order chi connectivity index (χ1) is 6.66. The van der Waals surface area contributed by atoms with Crippen LogP contribution in [0.4, 0.5) is 0 Å². The Morgan fingerprint density at radius 2 is 2.14 bits per heavy atom. The lowest BCUT2D eigenvalue weighted by Gasteiger charge is -2.40. The number of piperidine rings is 1. The maximum absolute atomic E-state index is 3.52. The van der Waals surface area contributed by atoms with E-state index in [1.165, 1.54) is 32.4 Å². The Morgan fingerprint density at radius 1 is 1.43 bits per heavy atom. The van der Waals surface area contributed by atoms with E-state index in [0.717, 1.165) is 12.0 Å². The van der Waals surface area contributed by atoms with Gasteiger partial charge in [0.15, 0.2) is 0 Å². The molecule has 1 aliphatic rings. The average molecular weight is 198 g/mol. The van der Waals surface area contributed by atoms with Crippen molar-refractivity contribution in [3.05, 3.63) is 0 Å². The second-order valence-corrected chi connectivity index (χ2v) is 4.87. The molecule has 0 aliphatic carbocycles. The molecule has 1 fully saturated rings. The van der Waals surface area contributed by atoms with Crippen molar-refractivity contribution in [2.45, 2.75) is 52.1 Å². The molecule has 0 bridgehead atoms. The van der Waals surface area contributed by atoms with Gasteiger partial charge in [-0.15, -0.1) is 0 Å². The molecular weight excluding hydrogens is 172 g/mol. The minimum Gasteiger partial charge on any atom is -0.316 e. The largest absolute Gasteiger partial charge is 0.316 e. The summed E-state index contributed by atoms with van der Waals surface area (Å²) in [5.41, 5.74) is 0. The molecule has 0 saturated carbocycles. The van der Waals surface area contributed by atoms with Gasteiger partial charge in [-0.1, -0.05) is 13.3 Å². The third-order valence-corrected chi connectivity index (χ3v) is 3.56. The molecule has 2 atom stereocenters. The molecule has 0 aromatic carbocycles. The number of nitrogens with one attached hydrogen (secondary N) is 1. The Morgan fingerprint density at radius 3 is 2.71 bits per heavy atom. The van der Waals surface area contributed by atoms with Gasteiger partial charge < -0.3 is 10.2 Å². The summed E-state index contributed by atoms with van der Waals surface area (Å²) in [4.78, 5) is 2.56. The quantitative estimate of drug-likeness (QED) is 0.744. The second kappa shape index (κ2) is 5.72. The van der Waals surface area contributed by atoms with Crippen LogP contribution in [0.1, 0.15) is 40.0 Å². The monoisotopic (exact) mass is 198 g/mol. The van der Waals surface area contributed by atoms with Gasteiger partial charge in [0, 0.05) is 12.1 Å². The molecule has 1 rings (SSSR count). The summed E-state index contributed by atoms with van der Waals surface area (Å²) >= 11 is 0. The summed E-state index contributed by atoms with van der Waals surface area (Å²) in [6, 6.07) is 1.48. The molecule has 1 N–H and O–H groups in total. The van der Waals surface area contributed by atoms with Crippen molar-refractivity contribution >= 4 is 0 Å². The third kappa shape index (κ3) is 2.96. The Bertz CT molecular complexity index is 154. The SMILES string of the molecule is CCCC1CNCCC1N(C)C(C)C. The summed E-state index contributed by atoms with van der Waals surface area (Å²) < 4.78 is 0. The molecule has 0 amide bonds. The van der Waals surface area contributed by atoms with E-state index in [0.29, 0.717) is 6.04 Å². The van der Waals surface area contributed by atoms with Crippen LogP contribution in [0.25, 0.3) is 0 Å². The Balaban J connectivity index is 2.52. The topological polar surface area (TPSA) is 15.3 Å². The van der Waals surface area contributed by atoms with Crippen molar-refractivity contribution in [3.8, 4) is 0 Å². The van der Waals surface area contributed by atoms with E-state index in [-0.39, 0.29) is 0 Å². The first-order valence-electron chi connectivity index (χ1n) is 6.09. The van der Waals surface area contributed by atoms with E-state index in [2.05, 4.69) is 38.0 Å². The fourth-order valence-electron chi connectivity index (χ4n) is 2.49. The van der Waals surface area contributed by atoms with Gasteiger partial charge in [-0.3, -0.25) is 0 Å². The van der Waals surface area contributed by atoms with Crippen LogP contribution in [0.5, 0.6) is 0 Å². The summed E-state index contributed by atoms with van der Waals surface area (Å²) in [5.74, 6) is 0.862. The Kier molecular flexibility index (Phi) is 4.90. The molecule has 14 heavy (non-hydrogen) atoms. The smallest absolute Gasteiger partial charge is 0.0147 e. The minimum atomic E-state index is 0.678. The molecule has 0 aromatic rings. The molecule has 84 valence electrons. The molecule has 1 aliphatic heterocycles. The van der Waals surface area contributed by atoms with Crippen molar-refractivity contribution in [2.75, 3.05) is 20.1 Å². The van der Waals surface area contributed by atoms with Crippen molar-refractivity contribution < 1.29 is 0 Å². The van der Waals surface area contributed by atoms with E-state index < -0.39 is 0 Å². The Hall–Kier alpha value is -0.0800. The summed E-state index contributed by atoms with van der Waals surface area (Å²) in [6.07, 6.45) is 4.00. The Labute approximate surface area is 89.1 Å². The fraction of sp³-hybridized carbons (Fsp3) is 1.00. The lowest BCUT2D eigenvalue weighted by molar-refractivity contribution is 0.106. The molecular formula is C12H26N2. The lowest BCUT2D eigenvalue weighted by atomic mass is 9.88. The summed E-state index contributed by atoms with van der Waals surface area (Å²) in [6.45, 7) is 9.30. The molecule has 0 aromatic heterocycles. The van der Waals surface area contributed by atoms with E-state index in [9.17, 15) is 0 Å². The maximum Gasteiger partial charge on any atom is 0.0147 e. The molecule has 0 radical (unpaired) electrons. The van der Waals surface area contributed by atoms with Crippen molar-refractivity contribution in [1.29, 1.82) is 0 Å². The normalized spacial score (nSPS) is 28.7. The van der Waals surface area contributed by atoms with Crippen molar-refractivity contribution in [2.24, 2.45) is 5.92 Å². The zero-order chi connectivity index (χ0) is 10.6.